The van der Waals surface area contributed by atoms with E-state index in [1.54, 1.807) is 79.7 Å². The van der Waals surface area contributed by atoms with Crippen LogP contribution in [0.15, 0.2) is 84.9 Å². The van der Waals surface area contributed by atoms with Crippen molar-refractivity contribution < 1.29 is 47.6 Å². The molecule has 0 unspecified atom stereocenters. The van der Waals surface area contributed by atoms with Gasteiger partial charge < -0.3 is 28.4 Å². The second-order valence-corrected chi connectivity index (χ2v) is 13.1. The molecule has 3 aromatic carbocycles. The van der Waals surface area contributed by atoms with Crippen molar-refractivity contribution in [2.24, 2.45) is 0 Å². The first kappa shape index (κ1) is 43.3. The Labute approximate surface area is 320 Å². The number of unbranched alkanes of at least 4 members (excludes halogenated alkanes) is 10. The van der Waals surface area contributed by atoms with E-state index < -0.39 is 11.9 Å². The Morgan fingerprint density at radius 2 is 0.870 bits per heavy atom. The molecule has 0 fully saturated rings. The third kappa shape index (κ3) is 18.1. The molecule has 292 valence electrons. The second kappa shape index (κ2) is 25.8. The van der Waals surface area contributed by atoms with Gasteiger partial charge in [-0.25, -0.2) is 14.4 Å². The molecule has 0 N–H and O–H groups in total. The summed E-state index contributed by atoms with van der Waals surface area (Å²) in [5.41, 5.74) is 1.18. The maximum Gasteiger partial charge on any atom is 0.343 e. The van der Waals surface area contributed by atoms with Gasteiger partial charge in [0.1, 0.15) is 23.0 Å². The van der Waals surface area contributed by atoms with Gasteiger partial charge in [-0.1, -0.05) is 58.4 Å². The van der Waals surface area contributed by atoms with Crippen LogP contribution in [0, 0.1) is 0 Å². The molecule has 0 saturated carbocycles. The average molecular weight is 745 g/mol. The Morgan fingerprint density at radius 3 is 1.33 bits per heavy atom. The molecule has 3 rings (SSSR count). The maximum atomic E-state index is 12.7. The van der Waals surface area contributed by atoms with Crippen LogP contribution in [0.25, 0.3) is 0 Å². The Kier molecular flexibility index (Phi) is 20.7. The normalized spacial score (nSPS) is 10.6. The summed E-state index contributed by atoms with van der Waals surface area (Å²) in [6.45, 7) is 9.33. The first-order chi connectivity index (χ1) is 26.2. The molecule has 0 aromatic heterocycles. The minimum atomic E-state index is -0.510. The molecule has 0 aliphatic carbocycles. The fourth-order valence-corrected chi connectivity index (χ4v) is 5.20. The third-order valence-electron chi connectivity index (χ3n) is 8.37. The molecule has 0 bridgehead atoms. The van der Waals surface area contributed by atoms with Crippen molar-refractivity contribution in [1.82, 2.24) is 0 Å². The molecule has 0 saturated heterocycles. The molecule has 0 aliphatic heterocycles. The average Bonchev–Trinajstić information content (AvgIpc) is 3.17. The molecule has 0 aliphatic rings. The quantitative estimate of drug-likeness (QED) is 0.0322. The molecule has 0 radical (unpaired) electrons. The Hall–Kier alpha value is -5.12. The summed E-state index contributed by atoms with van der Waals surface area (Å²) in [4.78, 5) is 48.4. The highest BCUT2D eigenvalue weighted by atomic mass is 16.5. The van der Waals surface area contributed by atoms with Crippen molar-refractivity contribution in [2.75, 3.05) is 26.4 Å². The molecule has 0 spiro atoms. The monoisotopic (exact) mass is 744 g/mol. The standard InChI is InChI=1S/C44H56O10/c1-4-5-6-13-30-49-37-22-18-35(19-23-37)43(47)53-39-26-28-40(29-27-39)54-44(48)36-20-24-38(25-21-36)50-31-14-9-7-8-10-15-32-51-41(45)17-12-11-16-33-52-42(46)34(2)3/h18-29H,2,4-17,30-33H2,1,3H3. The smallest absolute Gasteiger partial charge is 0.343 e. The van der Waals surface area contributed by atoms with E-state index in [1.807, 2.05) is 0 Å². The van der Waals surface area contributed by atoms with E-state index in [9.17, 15) is 19.2 Å². The minimum absolute atomic E-state index is 0.181. The minimum Gasteiger partial charge on any atom is -0.494 e. The lowest BCUT2D eigenvalue weighted by molar-refractivity contribution is -0.144. The number of hydrogen-bond acceptors (Lipinski definition) is 10. The predicted octanol–water partition coefficient (Wildman–Crippen LogP) is 10.0. The number of esters is 4. The number of carbonyl (C=O) groups excluding carboxylic acids is 4. The highest BCUT2D eigenvalue weighted by Crippen LogP contribution is 2.22. The molecule has 3 aromatic rings. The second-order valence-electron chi connectivity index (χ2n) is 13.1. The summed E-state index contributed by atoms with van der Waals surface area (Å²) in [7, 11) is 0. The summed E-state index contributed by atoms with van der Waals surface area (Å²) in [6.07, 6.45) is 13.1. The SMILES string of the molecule is C=C(C)C(=O)OCCCCCC(=O)OCCCCCCCCOc1ccc(C(=O)Oc2ccc(OC(=O)c3ccc(OCCCCCC)cc3)cc2)cc1. The van der Waals surface area contributed by atoms with E-state index in [0.717, 1.165) is 57.8 Å². The van der Waals surface area contributed by atoms with Gasteiger partial charge in [-0.05, 0) is 118 Å². The number of benzene rings is 3. The zero-order valence-corrected chi connectivity index (χ0v) is 31.9. The Balaban J connectivity index is 1.21. The van der Waals surface area contributed by atoms with E-state index in [1.165, 1.54) is 12.8 Å². The molecular weight excluding hydrogens is 688 g/mol. The Bertz CT molecular complexity index is 1560. The first-order valence-corrected chi connectivity index (χ1v) is 19.2. The lowest BCUT2D eigenvalue weighted by Gasteiger charge is -2.09. The molecule has 0 heterocycles. The van der Waals surface area contributed by atoms with E-state index >= 15 is 0 Å². The van der Waals surface area contributed by atoms with Crippen molar-refractivity contribution in [3.05, 3.63) is 96.1 Å². The van der Waals surface area contributed by atoms with Gasteiger partial charge in [0.2, 0.25) is 0 Å². The summed E-state index contributed by atoms with van der Waals surface area (Å²) < 4.78 is 32.9. The fraction of sp³-hybridized carbons (Fsp3) is 0.455. The number of hydrogen-bond donors (Lipinski definition) is 0. The van der Waals surface area contributed by atoms with E-state index in [-0.39, 0.29) is 11.9 Å². The van der Waals surface area contributed by atoms with Crippen LogP contribution in [-0.2, 0) is 19.1 Å². The highest BCUT2D eigenvalue weighted by Gasteiger charge is 2.12. The van der Waals surface area contributed by atoms with Crippen LogP contribution in [0.1, 0.15) is 124 Å². The van der Waals surface area contributed by atoms with Crippen LogP contribution in [-0.4, -0.2) is 50.3 Å². The van der Waals surface area contributed by atoms with Crippen LogP contribution in [0.4, 0.5) is 0 Å². The van der Waals surface area contributed by atoms with E-state index in [2.05, 4.69) is 13.5 Å². The van der Waals surface area contributed by atoms with Crippen LogP contribution in [0.3, 0.4) is 0 Å². The largest absolute Gasteiger partial charge is 0.494 e. The third-order valence-corrected chi connectivity index (χ3v) is 8.37. The maximum absolute atomic E-state index is 12.7. The van der Waals surface area contributed by atoms with Crippen LogP contribution < -0.4 is 18.9 Å². The molecule has 0 amide bonds. The lowest BCUT2D eigenvalue weighted by atomic mass is 10.1. The molecule has 54 heavy (non-hydrogen) atoms. The summed E-state index contributed by atoms with van der Waals surface area (Å²) in [5.74, 6) is 0.483. The van der Waals surface area contributed by atoms with Crippen LogP contribution in [0.2, 0.25) is 0 Å². The van der Waals surface area contributed by atoms with E-state index in [4.69, 9.17) is 28.4 Å². The Morgan fingerprint density at radius 1 is 0.481 bits per heavy atom. The summed E-state index contributed by atoms with van der Waals surface area (Å²) >= 11 is 0. The van der Waals surface area contributed by atoms with Crippen molar-refractivity contribution in [1.29, 1.82) is 0 Å². The van der Waals surface area contributed by atoms with Crippen molar-refractivity contribution in [3.63, 3.8) is 0 Å². The molecular formula is C44H56O10. The number of ether oxygens (including phenoxy) is 6. The number of carbonyl (C=O) groups is 4. The van der Waals surface area contributed by atoms with Gasteiger partial charge >= 0.3 is 23.9 Å². The summed E-state index contributed by atoms with van der Waals surface area (Å²) in [5, 5.41) is 0. The molecule has 10 nitrogen and oxygen atoms in total. The van der Waals surface area contributed by atoms with Gasteiger partial charge in [-0.2, -0.15) is 0 Å². The molecule has 0 atom stereocenters. The zero-order valence-electron chi connectivity index (χ0n) is 31.9. The van der Waals surface area contributed by atoms with Gasteiger partial charge in [0, 0.05) is 12.0 Å². The van der Waals surface area contributed by atoms with Crippen molar-refractivity contribution in [3.8, 4) is 23.0 Å². The van der Waals surface area contributed by atoms with Gasteiger partial charge in [-0.3, -0.25) is 4.79 Å². The van der Waals surface area contributed by atoms with Crippen LogP contribution in [0.5, 0.6) is 23.0 Å². The van der Waals surface area contributed by atoms with Gasteiger partial charge in [0.15, 0.2) is 0 Å². The van der Waals surface area contributed by atoms with Crippen molar-refractivity contribution in [2.45, 2.75) is 104 Å². The van der Waals surface area contributed by atoms with Gasteiger partial charge in [-0.15, -0.1) is 0 Å². The van der Waals surface area contributed by atoms with Gasteiger partial charge in [0.25, 0.3) is 0 Å². The van der Waals surface area contributed by atoms with Crippen LogP contribution >= 0.6 is 0 Å². The van der Waals surface area contributed by atoms with Crippen molar-refractivity contribution >= 4 is 23.9 Å². The zero-order chi connectivity index (χ0) is 38.8. The van der Waals surface area contributed by atoms with Gasteiger partial charge in [0.05, 0.1) is 37.6 Å². The number of rotatable bonds is 27. The lowest BCUT2D eigenvalue weighted by Crippen LogP contribution is -2.09. The van der Waals surface area contributed by atoms with E-state index in [0.29, 0.717) is 85.4 Å². The summed E-state index contributed by atoms with van der Waals surface area (Å²) in [6, 6.07) is 20.0. The topological polar surface area (TPSA) is 124 Å². The fourth-order valence-electron chi connectivity index (χ4n) is 5.20. The molecule has 10 heteroatoms. The first-order valence-electron chi connectivity index (χ1n) is 19.2. The predicted molar refractivity (Wildman–Crippen MR) is 207 cm³/mol. The highest BCUT2D eigenvalue weighted by molar-refractivity contribution is 5.92.